The molecule has 0 radical (unpaired) electrons. The number of hydrogen-bond donors (Lipinski definition) is 2. The Balaban J connectivity index is 1.90. The lowest BCUT2D eigenvalue weighted by molar-refractivity contribution is -0.142. The van der Waals surface area contributed by atoms with Crippen LogP contribution in [-0.4, -0.2) is 44.6 Å². The minimum absolute atomic E-state index is 0.111. The molecule has 0 aliphatic heterocycles. The van der Waals surface area contributed by atoms with E-state index < -0.39 is 12.0 Å². The highest BCUT2D eigenvalue weighted by Crippen LogP contribution is 2.15. The molecular formula is C15H21N3O4S. The third-order valence-corrected chi connectivity index (χ3v) is 4.04. The number of carbonyl (C=O) groups excluding carboxylic acids is 1. The van der Waals surface area contributed by atoms with E-state index in [0.29, 0.717) is 0 Å². The highest BCUT2D eigenvalue weighted by molar-refractivity contribution is 7.15. The van der Waals surface area contributed by atoms with Gasteiger partial charge in [-0.1, -0.05) is 0 Å². The molecule has 0 aliphatic rings. The summed E-state index contributed by atoms with van der Waals surface area (Å²) in [5.41, 5.74) is 0.451. The van der Waals surface area contributed by atoms with E-state index in [4.69, 9.17) is 4.74 Å². The van der Waals surface area contributed by atoms with Crippen molar-refractivity contribution in [2.45, 2.75) is 45.3 Å². The zero-order valence-corrected chi connectivity index (χ0v) is 14.2. The van der Waals surface area contributed by atoms with Crippen LogP contribution in [-0.2, 0) is 20.7 Å². The molecule has 126 valence electrons. The highest BCUT2D eigenvalue weighted by atomic mass is 32.1. The predicted octanol–water partition coefficient (Wildman–Crippen LogP) is 1.71. The van der Waals surface area contributed by atoms with Crippen molar-refractivity contribution in [2.75, 3.05) is 6.61 Å². The fourth-order valence-corrected chi connectivity index (χ4v) is 2.90. The second-order valence-electron chi connectivity index (χ2n) is 6.19. The summed E-state index contributed by atoms with van der Waals surface area (Å²) < 4.78 is 7.34. The lowest BCUT2D eigenvalue weighted by atomic mass is 10.1. The highest BCUT2D eigenvalue weighted by Gasteiger charge is 2.22. The number of hydrogen-bond acceptors (Lipinski definition) is 5. The van der Waals surface area contributed by atoms with Gasteiger partial charge in [0, 0.05) is 36.5 Å². The van der Waals surface area contributed by atoms with Crippen LogP contribution < -0.4 is 5.32 Å². The van der Waals surface area contributed by atoms with E-state index in [1.54, 1.807) is 12.4 Å². The molecule has 8 heteroatoms. The van der Waals surface area contributed by atoms with Gasteiger partial charge in [-0.15, -0.1) is 11.3 Å². The minimum atomic E-state index is -1.06. The topological polar surface area (TPSA) is 92.9 Å². The molecule has 0 aromatic carbocycles. The molecule has 7 nitrogen and oxygen atoms in total. The van der Waals surface area contributed by atoms with Crippen molar-refractivity contribution < 1.29 is 19.4 Å². The van der Waals surface area contributed by atoms with Gasteiger partial charge >= 0.3 is 5.97 Å². The van der Waals surface area contributed by atoms with Crippen LogP contribution in [0.5, 0.6) is 0 Å². The second-order valence-corrected chi connectivity index (χ2v) is 7.03. The van der Waals surface area contributed by atoms with Crippen molar-refractivity contribution >= 4 is 28.2 Å². The van der Waals surface area contributed by atoms with Gasteiger partial charge in [0.05, 0.1) is 12.0 Å². The lowest BCUT2D eigenvalue weighted by Crippen LogP contribution is -2.42. The molecular weight excluding hydrogens is 318 g/mol. The quantitative estimate of drug-likeness (QED) is 0.801. The van der Waals surface area contributed by atoms with Crippen LogP contribution in [0.3, 0.4) is 0 Å². The Hall–Kier alpha value is -1.93. The molecule has 2 aromatic rings. The number of imidazole rings is 1. The number of nitrogens with one attached hydrogen (secondary N) is 1. The third-order valence-electron chi connectivity index (χ3n) is 3.13. The Kier molecular flexibility index (Phi) is 5.38. The average molecular weight is 339 g/mol. The molecule has 2 N–H and O–H groups in total. The van der Waals surface area contributed by atoms with Crippen LogP contribution in [0, 0.1) is 0 Å². The smallest absolute Gasteiger partial charge is 0.326 e. The monoisotopic (exact) mass is 339 g/mol. The maximum absolute atomic E-state index is 12.1. The number of nitrogens with zero attached hydrogens (tertiary/aromatic N) is 2. The largest absolute Gasteiger partial charge is 0.480 e. The Labute approximate surface area is 138 Å². The van der Waals surface area contributed by atoms with Gasteiger partial charge < -0.3 is 15.2 Å². The molecule has 2 rings (SSSR count). The van der Waals surface area contributed by atoms with E-state index in [1.165, 1.54) is 11.3 Å². The number of thiazole rings is 1. The van der Waals surface area contributed by atoms with Crippen molar-refractivity contribution in [2.24, 2.45) is 0 Å². The molecule has 2 heterocycles. The van der Waals surface area contributed by atoms with Crippen LogP contribution in [0.1, 0.15) is 32.9 Å². The van der Waals surface area contributed by atoms with Crippen molar-refractivity contribution in [3.8, 4) is 0 Å². The Morgan fingerprint density at radius 3 is 2.87 bits per heavy atom. The Morgan fingerprint density at radius 2 is 2.22 bits per heavy atom. The summed E-state index contributed by atoms with van der Waals surface area (Å²) in [4.78, 5) is 28.3. The van der Waals surface area contributed by atoms with Crippen LogP contribution in [0.15, 0.2) is 17.8 Å². The van der Waals surface area contributed by atoms with Crippen molar-refractivity contribution in [3.63, 3.8) is 0 Å². The second kappa shape index (κ2) is 7.10. The number of fused-ring (bicyclic) bond motifs is 1. The maximum atomic E-state index is 12.1. The minimum Gasteiger partial charge on any atom is -0.480 e. The summed E-state index contributed by atoms with van der Waals surface area (Å²) in [5.74, 6) is -1.39. The van der Waals surface area contributed by atoms with Gasteiger partial charge in [-0.3, -0.25) is 9.20 Å². The number of rotatable bonds is 7. The van der Waals surface area contributed by atoms with Crippen LogP contribution >= 0.6 is 11.3 Å². The molecule has 23 heavy (non-hydrogen) atoms. The molecule has 0 aliphatic carbocycles. The van der Waals surface area contributed by atoms with Crippen LogP contribution in [0.4, 0.5) is 0 Å². The van der Waals surface area contributed by atoms with E-state index in [2.05, 4.69) is 10.3 Å². The molecule has 1 amide bonds. The molecule has 1 unspecified atom stereocenters. The summed E-state index contributed by atoms with van der Waals surface area (Å²) >= 11 is 1.44. The fourth-order valence-electron chi connectivity index (χ4n) is 2.05. The number of carboxylic acids is 1. The van der Waals surface area contributed by atoms with E-state index in [0.717, 1.165) is 10.7 Å². The zero-order chi connectivity index (χ0) is 17.0. The molecule has 2 aromatic heterocycles. The maximum Gasteiger partial charge on any atom is 0.326 e. The normalized spacial score (nSPS) is 13.2. The van der Waals surface area contributed by atoms with Crippen LogP contribution in [0.2, 0.25) is 0 Å². The van der Waals surface area contributed by atoms with E-state index in [9.17, 15) is 14.7 Å². The molecule has 1 atom stereocenters. The number of carbonyl (C=O) groups is 2. The van der Waals surface area contributed by atoms with E-state index >= 15 is 0 Å². The molecule has 0 fully saturated rings. The first kappa shape index (κ1) is 17.4. The van der Waals surface area contributed by atoms with Gasteiger partial charge in [-0.05, 0) is 20.8 Å². The number of aliphatic carboxylic acids is 1. The summed E-state index contributed by atoms with van der Waals surface area (Å²) in [6.07, 6.45) is 3.78. The fraction of sp³-hybridized carbons (Fsp3) is 0.533. The van der Waals surface area contributed by atoms with Crippen LogP contribution in [0.25, 0.3) is 4.96 Å². The zero-order valence-electron chi connectivity index (χ0n) is 13.4. The summed E-state index contributed by atoms with van der Waals surface area (Å²) in [6.45, 7) is 5.96. The van der Waals surface area contributed by atoms with E-state index in [1.807, 2.05) is 30.6 Å². The van der Waals surface area contributed by atoms with Gasteiger partial charge in [0.2, 0.25) is 5.91 Å². The first-order valence-electron chi connectivity index (χ1n) is 7.32. The molecule has 0 bridgehead atoms. The molecule has 0 spiro atoms. The van der Waals surface area contributed by atoms with Gasteiger partial charge in [-0.2, -0.15) is 0 Å². The van der Waals surface area contributed by atoms with Crippen molar-refractivity contribution in [3.05, 3.63) is 23.5 Å². The third kappa shape index (κ3) is 5.04. The Morgan fingerprint density at radius 1 is 1.48 bits per heavy atom. The van der Waals surface area contributed by atoms with Gasteiger partial charge in [0.1, 0.15) is 6.04 Å². The van der Waals surface area contributed by atoms with Crippen molar-refractivity contribution in [1.29, 1.82) is 0 Å². The first-order chi connectivity index (χ1) is 10.8. The standard InChI is InChI=1S/C15H21N3O4S/c1-15(2,3)22-7-4-11(13(20)21)17-12(19)8-10-9-23-14-16-5-6-18(10)14/h5-6,9,11H,4,7-8H2,1-3H3,(H,17,19)(H,20,21). The van der Waals surface area contributed by atoms with Crippen molar-refractivity contribution in [1.82, 2.24) is 14.7 Å². The van der Waals surface area contributed by atoms with Gasteiger partial charge in [-0.25, -0.2) is 9.78 Å². The number of aromatic nitrogens is 2. The number of ether oxygens (including phenoxy) is 1. The predicted molar refractivity (Wildman–Crippen MR) is 86.7 cm³/mol. The molecule has 0 saturated carbocycles. The summed E-state index contributed by atoms with van der Waals surface area (Å²) in [7, 11) is 0. The Bertz CT molecular complexity index is 686. The van der Waals surface area contributed by atoms with Gasteiger partial charge in [0.25, 0.3) is 0 Å². The summed E-state index contributed by atoms with van der Waals surface area (Å²) in [5, 5.41) is 13.6. The lowest BCUT2D eigenvalue weighted by Gasteiger charge is -2.21. The molecule has 0 saturated heterocycles. The summed E-state index contributed by atoms with van der Waals surface area (Å²) in [6, 6.07) is -0.957. The first-order valence-corrected chi connectivity index (χ1v) is 8.20. The number of amides is 1. The van der Waals surface area contributed by atoms with Gasteiger partial charge in [0.15, 0.2) is 4.96 Å². The average Bonchev–Trinajstić information content (AvgIpc) is 3.01. The van der Waals surface area contributed by atoms with E-state index in [-0.39, 0.29) is 31.0 Å². The number of carboxylic acid groups (broad SMARTS) is 1. The SMILES string of the molecule is CC(C)(C)OCCC(NC(=O)Cc1csc2nccn12)C(=O)O.